The van der Waals surface area contributed by atoms with Gasteiger partial charge in [0.05, 0.1) is 18.4 Å². The van der Waals surface area contributed by atoms with Crippen LogP contribution in [0.25, 0.3) is 0 Å². The first-order valence-corrected chi connectivity index (χ1v) is 6.67. The number of likely N-dealkylation sites (N-methyl/N-ethyl adjacent to an activating group) is 1. The molecule has 1 heterocycles. The molecule has 114 valence electrons. The van der Waals surface area contributed by atoms with Crippen molar-refractivity contribution in [2.75, 3.05) is 32.6 Å². The summed E-state index contributed by atoms with van der Waals surface area (Å²) in [6.45, 7) is 1.75. The van der Waals surface area contributed by atoms with Gasteiger partial charge in [0, 0.05) is 12.6 Å². The summed E-state index contributed by atoms with van der Waals surface area (Å²) in [6, 6.07) is 4.06. The Kier molecular flexibility index (Phi) is 4.64. The van der Waals surface area contributed by atoms with Crippen molar-refractivity contribution in [2.24, 2.45) is 0 Å². The van der Waals surface area contributed by atoms with Crippen LogP contribution in [0.15, 0.2) is 18.2 Å². The molecule has 3 N–H and O–H groups in total. The fourth-order valence-corrected chi connectivity index (χ4v) is 2.34. The van der Waals surface area contributed by atoms with Crippen LogP contribution in [0, 0.1) is 0 Å². The highest BCUT2D eigenvalue weighted by atomic mass is 16.5. The first kappa shape index (κ1) is 15.1. The molecule has 1 aromatic rings. The van der Waals surface area contributed by atoms with Gasteiger partial charge in [0.15, 0.2) is 0 Å². The molecular weight excluding hydrogens is 274 g/mol. The molecule has 0 radical (unpaired) electrons. The summed E-state index contributed by atoms with van der Waals surface area (Å²) in [4.78, 5) is 25.1. The summed E-state index contributed by atoms with van der Waals surface area (Å²) in [5, 5.41) is 14.5. The van der Waals surface area contributed by atoms with Gasteiger partial charge in [-0.3, -0.25) is 0 Å². The second-order valence-corrected chi connectivity index (χ2v) is 5.07. The Balaban J connectivity index is 2.05. The third-order valence-corrected chi connectivity index (χ3v) is 3.42. The first-order chi connectivity index (χ1) is 9.99. The Morgan fingerprint density at radius 3 is 2.76 bits per heavy atom. The quantitative estimate of drug-likeness (QED) is 0.776. The van der Waals surface area contributed by atoms with Crippen molar-refractivity contribution < 1.29 is 19.4 Å². The highest BCUT2D eigenvalue weighted by molar-refractivity contribution is 5.94. The molecule has 1 unspecified atom stereocenters. The van der Waals surface area contributed by atoms with Crippen LogP contribution >= 0.6 is 0 Å². The van der Waals surface area contributed by atoms with Gasteiger partial charge in [-0.05, 0) is 38.2 Å². The SMILES string of the molecule is COc1ccc(C(=O)O)cc1NC(=O)NC1CCN(C)C1. The molecule has 2 rings (SSSR count). The largest absolute Gasteiger partial charge is 0.495 e. The molecule has 0 saturated carbocycles. The van der Waals surface area contributed by atoms with E-state index in [2.05, 4.69) is 15.5 Å². The maximum absolute atomic E-state index is 12.0. The van der Waals surface area contributed by atoms with Crippen LogP contribution in [-0.2, 0) is 0 Å². The summed E-state index contributed by atoms with van der Waals surface area (Å²) in [5.74, 6) is -0.641. The maximum Gasteiger partial charge on any atom is 0.335 e. The molecule has 21 heavy (non-hydrogen) atoms. The molecule has 1 aliphatic rings. The lowest BCUT2D eigenvalue weighted by Gasteiger charge is -2.15. The van der Waals surface area contributed by atoms with Gasteiger partial charge in [0.25, 0.3) is 0 Å². The molecular formula is C14H19N3O4. The van der Waals surface area contributed by atoms with E-state index >= 15 is 0 Å². The number of hydrogen-bond donors (Lipinski definition) is 3. The maximum atomic E-state index is 12.0. The third-order valence-electron chi connectivity index (χ3n) is 3.42. The number of nitrogens with zero attached hydrogens (tertiary/aromatic N) is 1. The van der Waals surface area contributed by atoms with Crippen molar-refractivity contribution in [3.63, 3.8) is 0 Å². The van der Waals surface area contributed by atoms with Gasteiger partial charge in [0.1, 0.15) is 5.75 Å². The molecule has 0 spiro atoms. The van der Waals surface area contributed by atoms with E-state index in [1.807, 2.05) is 7.05 Å². The molecule has 1 fully saturated rings. The van der Waals surface area contributed by atoms with E-state index < -0.39 is 5.97 Å². The predicted molar refractivity (Wildman–Crippen MR) is 78.0 cm³/mol. The fourth-order valence-electron chi connectivity index (χ4n) is 2.34. The van der Waals surface area contributed by atoms with Gasteiger partial charge in [-0.1, -0.05) is 0 Å². The normalized spacial score (nSPS) is 18.3. The lowest BCUT2D eigenvalue weighted by Crippen LogP contribution is -2.39. The van der Waals surface area contributed by atoms with Gasteiger partial charge in [0.2, 0.25) is 0 Å². The molecule has 0 bridgehead atoms. The number of methoxy groups -OCH3 is 1. The minimum Gasteiger partial charge on any atom is -0.495 e. The molecule has 2 amide bonds. The number of amides is 2. The molecule has 0 aliphatic carbocycles. The van der Waals surface area contributed by atoms with Crippen LogP contribution in [-0.4, -0.2) is 55.3 Å². The van der Waals surface area contributed by atoms with Gasteiger partial charge in [-0.2, -0.15) is 0 Å². The van der Waals surface area contributed by atoms with Gasteiger partial charge >= 0.3 is 12.0 Å². The summed E-state index contributed by atoms with van der Waals surface area (Å²) in [6.07, 6.45) is 0.899. The topological polar surface area (TPSA) is 90.9 Å². The molecule has 1 saturated heterocycles. The number of urea groups is 1. The van der Waals surface area contributed by atoms with Crippen LogP contribution in [0.3, 0.4) is 0 Å². The van der Waals surface area contributed by atoms with Crippen molar-refractivity contribution in [3.05, 3.63) is 23.8 Å². The van der Waals surface area contributed by atoms with E-state index in [9.17, 15) is 9.59 Å². The standard InChI is InChI=1S/C14H19N3O4/c1-17-6-5-10(8-17)15-14(20)16-11-7-9(13(18)19)3-4-12(11)21-2/h3-4,7,10H,5-6,8H2,1-2H3,(H,18,19)(H2,15,16,20). The Labute approximate surface area is 122 Å². The number of carboxylic acids is 1. The Bertz CT molecular complexity index is 547. The van der Waals surface area contributed by atoms with E-state index in [0.717, 1.165) is 19.5 Å². The highest BCUT2D eigenvalue weighted by Gasteiger charge is 2.21. The van der Waals surface area contributed by atoms with Crippen molar-refractivity contribution >= 4 is 17.7 Å². The number of benzene rings is 1. The van der Waals surface area contributed by atoms with Crippen molar-refractivity contribution in [2.45, 2.75) is 12.5 Å². The number of rotatable bonds is 4. The van der Waals surface area contributed by atoms with Crippen molar-refractivity contribution in [1.29, 1.82) is 0 Å². The van der Waals surface area contributed by atoms with Crippen molar-refractivity contribution in [1.82, 2.24) is 10.2 Å². The van der Waals surface area contributed by atoms with Crippen LogP contribution < -0.4 is 15.4 Å². The summed E-state index contributed by atoms with van der Waals surface area (Å²) in [7, 11) is 3.46. The third kappa shape index (κ3) is 3.85. The summed E-state index contributed by atoms with van der Waals surface area (Å²) in [5.41, 5.74) is 0.424. The van der Waals surface area contributed by atoms with Gasteiger partial charge in [-0.25, -0.2) is 9.59 Å². The molecule has 1 aromatic carbocycles. The zero-order valence-corrected chi connectivity index (χ0v) is 12.0. The zero-order chi connectivity index (χ0) is 15.4. The average Bonchev–Trinajstić information content (AvgIpc) is 2.83. The number of likely N-dealkylation sites (tertiary alicyclic amines) is 1. The highest BCUT2D eigenvalue weighted by Crippen LogP contribution is 2.25. The Morgan fingerprint density at radius 1 is 1.43 bits per heavy atom. The number of carboxylic acid groups (broad SMARTS) is 1. The molecule has 7 heteroatoms. The Morgan fingerprint density at radius 2 is 2.19 bits per heavy atom. The van der Waals surface area contributed by atoms with E-state index in [0.29, 0.717) is 11.4 Å². The predicted octanol–water partition coefficient (Wildman–Crippen LogP) is 1.22. The summed E-state index contributed by atoms with van der Waals surface area (Å²) < 4.78 is 5.12. The molecule has 7 nitrogen and oxygen atoms in total. The van der Waals surface area contributed by atoms with Crippen molar-refractivity contribution in [3.8, 4) is 5.75 Å². The lowest BCUT2D eigenvalue weighted by atomic mass is 10.2. The molecule has 1 aliphatic heterocycles. The van der Waals surface area contributed by atoms with Crippen LogP contribution in [0.4, 0.5) is 10.5 Å². The van der Waals surface area contributed by atoms with E-state index in [4.69, 9.17) is 9.84 Å². The van der Waals surface area contributed by atoms with Gasteiger partial charge < -0.3 is 25.4 Å². The monoisotopic (exact) mass is 293 g/mol. The first-order valence-electron chi connectivity index (χ1n) is 6.67. The number of carbonyl (C=O) groups excluding carboxylic acids is 1. The van der Waals surface area contributed by atoms with E-state index in [-0.39, 0.29) is 17.6 Å². The van der Waals surface area contributed by atoms with Crippen LogP contribution in [0.5, 0.6) is 5.75 Å². The minimum atomic E-state index is -1.06. The Hall–Kier alpha value is -2.28. The molecule has 1 atom stereocenters. The van der Waals surface area contributed by atoms with Crippen LogP contribution in [0.2, 0.25) is 0 Å². The number of aromatic carboxylic acids is 1. The zero-order valence-electron chi connectivity index (χ0n) is 12.0. The van der Waals surface area contributed by atoms with E-state index in [1.165, 1.54) is 25.3 Å². The van der Waals surface area contributed by atoms with Gasteiger partial charge in [-0.15, -0.1) is 0 Å². The minimum absolute atomic E-state index is 0.0895. The molecule has 0 aromatic heterocycles. The summed E-state index contributed by atoms with van der Waals surface area (Å²) >= 11 is 0. The number of carbonyl (C=O) groups is 2. The smallest absolute Gasteiger partial charge is 0.335 e. The number of ether oxygens (including phenoxy) is 1. The van der Waals surface area contributed by atoms with E-state index in [1.54, 1.807) is 0 Å². The number of hydrogen-bond acceptors (Lipinski definition) is 4. The fraction of sp³-hybridized carbons (Fsp3) is 0.429. The lowest BCUT2D eigenvalue weighted by molar-refractivity contribution is 0.0697. The van der Waals surface area contributed by atoms with Crippen LogP contribution in [0.1, 0.15) is 16.8 Å². The second-order valence-electron chi connectivity index (χ2n) is 5.07. The number of anilines is 1. The number of nitrogens with one attached hydrogen (secondary N) is 2. The second kappa shape index (κ2) is 6.45. The average molecular weight is 293 g/mol.